The van der Waals surface area contributed by atoms with Crippen LogP contribution < -0.4 is 5.73 Å². The highest BCUT2D eigenvalue weighted by molar-refractivity contribution is 5.86. The van der Waals surface area contributed by atoms with Crippen molar-refractivity contribution >= 4 is 29.3 Å². The molecule has 2 rings (SSSR count). The van der Waals surface area contributed by atoms with Gasteiger partial charge in [0.25, 0.3) is 0 Å². The summed E-state index contributed by atoms with van der Waals surface area (Å²) in [5.41, 5.74) is 6.46. The number of hydrogen-bond acceptors (Lipinski definition) is 3. The van der Waals surface area contributed by atoms with Crippen LogP contribution in [0.5, 0.6) is 0 Å². The fourth-order valence-corrected chi connectivity index (χ4v) is 1.93. The third-order valence-corrected chi connectivity index (χ3v) is 2.90. The summed E-state index contributed by atoms with van der Waals surface area (Å²) in [6, 6.07) is 4.73. The van der Waals surface area contributed by atoms with Crippen molar-refractivity contribution < 1.29 is 18.3 Å². The first kappa shape index (κ1) is 16.4. The van der Waals surface area contributed by atoms with Crippen LogP contribution in [0.4, 0.5) is 8.78 Å². The third kappa shape index (κ3) is 2.76. The number of H-pyrrole nitrogens is 1. The highest BCUT2D eigenvalue weighted by Gasteiger charge is 2.48. The molecule has 7 heteroatoms. The Kier molecular flexibility index (Phi) is 5.08. The first-order valence-corrected chi connectivity index (χ1v) is 5.85. The minimum atomic E-state index is -3.76. The molecule has 0 unspecified atom stereocenters. The minimum absolute atomic E-state index is 0. The summed E-state index contributed by atoms with van der Waals surface area (Å²) < 4.78 is 32.2. The molecule has 110 valence electrons. The molecular weight excluding hydrogens is 290 g/mol. The summed E-state index contributed by atoms with van der Waals surface area (Å²) in [6.45, 7) is 1.35. The fraction of sp³-hybridized carbons (Fsp3) is 0.308. The Hall–Kier alpha value is -1.66. The van der Waals surface area contributed by atoms with Crippen LogP contribution >= 0.6 is 12.4 Å². The molecule has 0 aliphatic carbocycles. The van der Waals surface area contributed by atoms with Crippen molar-refractivity contribution in [2.45, 2.75) is 18.9 Å². The Labute approximate surface area is 120 Å². The van der Waals surface area contributed by atoms with Gasteiger partial charge in [0.15, 0.2) is 0 Å². The van der Waals surface area contributed by atoms with E-state index in [1.807, 2.05) is 0 Å². The molecule has 0 spiro atoms. The molecule has 0 aliphatic heterocycles. The standard InChI is InChI=1S/C13H14F2N2O2.ClH/c1-2-19-12(18)13(14,15)11(16)9-4-3-5-10-8(9)6-7-17-10;/h3-7,11,17H,2,16H2,1H3;1H/t11-;/m0./s1. The third-order valence-electron chi connectivity index (χ3n) is 2.90. The van der Waals surface area contributed by atoms with Crippen molar-refractivity contribution in [2.24, 2.45) is 5.73 Å². The maximum Gasteiger partial charge on any atom is 0.379 e. The molecule has 3 N–H and O–H groups in total. The second-order valence-corrected chi connectivity index (χ2v) is 4.11. The van der Waals surface area contributed by atoms with E-state index < -0.39 is 17.9 Å². The number of alkyl halides is 2. The molecule has 0 amide bonds. The van der Waals surface area contributed by atoms with Crippen LogP contribution in [0.15, 0.2) is 30.5 Å². The molecule has 1 atom stereocenters. The highest BCUT2D eigenvalue weighted by Crippen LogP contribution is 2.34. The summed E-state index contributed by atoms with van der Waals surface area (Å²) in [6.07, 6.45) is 1.63. The summed E-state index contributed by atoms with van der Waals surface area (Å²) in [5.74, 6) is -5.36. The van der Waals surface area contributed by atoms with E-state index in [-0.39, 0.29) is 24.6 Å². The fourth-order valence-electron chi connectivity index (χ4n) is 1.93. The predicted molar refractivity (Wildman–Crippen MR) is 74.1 cm³/mol. The largest absolute Gasteiger partial charge is 0.462 e. The second kappa shape index (κ2) is 6.19. The molecule has 0 radical (unpaired) electrons. The van der Waals surface area contributed by atoms with Crippen molar-refractivity contribution in [1.82, 2.24) is 4.98 Å². The van der Waals surface area contributed by atoms with Crippen LogP contribution in [0, 0.1) is 0 Å². The van der Waals surface area contributed by atoms with E-state index in [2.05, 4.69) is 9.72 Å². The van der Waals surface area contributed by atoms with Crippen molar-refractivity contribution in [3.05, 3.63) is 36.0 Å². The minimum Gasteiger partial charge on any atom is -0.462 e. The Morgan fingerprint density at radius 2 is 2.15 bits per heavy atom. The summed E-state index contributed by atoms with van der Waals surface area (Å²) in [5, 5.41) is 0.568. The maximum absolute atomic E-state index is 13.9. The average Bonchev–Trinajstić information content (AvgIpc) is 2.86. The lowest BCUT2D eigenvalue weighted by Crippen LogP contribution is -2.41. The zero-order valence-electron chi connectivity index (χ0n) is 10.7. The van der Waals surface area contributed by atoms with Gasteiger partial charge < -0.3 is 15.5 Å². The van der Waals surface area contributed by atoms with E-state index in [4.69, 9.17) is 5.73 Å². The van der Waals surface area contributed by atoms with E-state index in [9.17, 15) is 13.6 Å². The molecule has 4 nitrogen and oxygen atoms in total. The molecule has 20 heavy (non-hydrogen) atoms. The number of fused-ring (bicyclic) bond motifs is 1. The van der Waals surface area contributed by atoms with Gasteiger partial charge in [0.1, 0.15) is 6.04 Å². The van der Waals surface area contributed by atoms with Crippen LogP contribution in [0.2, 0.25) is 0 Å². The maximum atomic E-state index is 13.9. The average molecular weight is 305 g/mol. The van der Waals surface area contributed by atoms with Gasteiger partial charge in [-0.05, 0) is 24.6 Å². The smallest absolute Gasteiger partial charge is 0.379 e. The van der Waals surface area contributed by atoms with Gasteiger partial charge in [-0.25, -0.2) is 4.79 Å². The number of carbonyl (C=O) groups excluding carboxylic acids is 1. The summed E-state index contributed by atoms with van der Waals surface area (Å²) >= 11 is 0. The zero-order chi connectivity index (χ0) is 14.0. The first-order valence-electron chi connectivity index (χ1n) is 5.85. The zero-order valence-corrected chi connectivity index (χ0v) is 11.5. The number of nitrogens with one attached hydrogen (secondary N) is 1. The van der Waals surface area contributed by atoms with Gasteiger partial charge in [-0.1, -0.05) is 12.1 Å². The van der Waals surface area contributed by atoms with E-state index in [0.717, 1.165) is 0 Å². The lowest BCUT2D eigenvalue weighted by molar-refractivity contribution is -0.174. The van der Waals surface area contributed by atoms with Gasteiger partial charge >= 0.3 is 11.9 Å². The molecule has 1 aromatic heterocycles. The van der Waals surface area contributed by atoms with Gasteiger partial charge in [-0.2, -0.15) is 8.78 Å². The SMILES string of the molecule is CCOC(=O)C(F)(F)[C@@H](N)c1cccc2[nH]ccc12.Cl. The van der Waals surface area contributed by atoms with Crippen LogP contribution in [0.1, 0.15) is 18.5 Å². The monoisotopic (exact) mass is 304 g/mol. The first-order chi connectivity index (χ1) is 8.98. The lowest BCUT2D eigenvalue weighted by Gasteiger charge is -2.22. The lowest BCUT2D eigenvalue weighted by atomic mass is 9.98. The van der Waals surface area contributed by atoms with Gasteiger partial charge in [-0.15, -0.1) is 12.4 Å². The van der Waals surface area contributed by atoms with Gasteiger partial charge in [-0.3, -0.25) is 0 Å². The van der Waals surface area contributed by atoms with Gasteiger partial charge in [0.05, 0.1) is 6.61 Å². The quantitative estimate of drug-likeness (QED) is 0.853. The van der Waals surface area contributed by atoms with Crippen LogP contribution in [-0.4, -0.2) is 23.5 Å². The Balaban J connectivity index is 0.00000200. The molecule has 0 bridgehead atoms. The molecule has 0 aliphatic rings. The number of carbonyl (C=O) groups is 1. The van der Waals surface area contributed by atoms with E-state index in [1.165, 1.54) is 13.0 Å². The number of aromatic nitrogens is 1. The molecule has 2 aromatic rings. The Bertz CT molecular complexity index is 601. The number of ether oxygens (including phenoxy) is 1. The molecule has 1 aromatic carbocycles. The molecule has 1 heterocycles. The highest BCUT2D eigenvalue weighted by atomic mass is 35.5. The summed E-state index contributed by atoms with van der Waals surface area (Å²) in [4.78, 5) is 14.2. The number of esters is 1. The van der Waals surface area contributed by atoms with Gasteiger partial charge in [0.2, 0.25) is 0 Å². The number of aromatic amines is 1. The number of rotatable bonds is 4. The Morgan fingerprint density at radius 1 is 1.45 bits per heavy atom. The van der Waals surface area contributed by atoms with Crippen LogP contribution in [-0.2, 0) is 9.53 Å². The molecule has 0 fully saturated rings. The van der Waals surface area contributed by atoms with Crippen molar-refractivity contribution in [2.75, 3.05) is 6.61 Å². The van der Waals surface area contributed by atoms with E-state index in [1.54, 1.807) is 24.4 Å². The number of benzene rings is 1. The van der Waals surface area contributed by atoms with Gasteiger partial charge in [0, 0.05) is 17.1 Å². The number of nitrogens with two attached hydrogens (primary N) is 1. The normalized spacial score (nSPS) is 12.8. The number of hydrogen-bond donors (Lipinski definition) is 2. The second-order valence-electron chi connectivity index (χ2n) is 4.11. The molecule has 0 saturated heterocycles. The van der Waals surface area contributed by atoms with Crippen molar-refractivity contribution in [3.63, 3.8) is 0 Å². The van der Waals surface area contributed by atoms with E-state index in [0.29, 0.717) is 10.9 Å². The summed E-state index contributed by atoms with van der Waals surface area (Å²) in [7, 11) is 0. The van der Waals surface area contributed by atoms with E-state index >= 15 is 0 Å². The number of halogens is 3. The van der Waals surface area contributed by atoms with Crippen LogP contribution in [0.3, 0.4) is 0 Å². The molecular formula is C13H15ClF2N2O2. The van der Waals surface area contributed by atoms with Crippen LogP contribution in [0.25, 0.3) is 10.9 Å². The molecule has 0 saturated carbocycles. The predicted octanol–water partition coefficient (Wildman–Crippen LogP) is 2.79. The Morgan fingerprint density at radius 3 is 2.80 bits per heavy atom. The van der Waals surface area contributed by atoms with Crippen molar-refractivity contribution in [3.8, 4) is 0 Å². The topological polar surface area (TPSA) is 68.1 Å². The van der Waals surface area contributed by atoms with Crippen molar-refractivity contribution in [1.29, 1.82) is 0 Å².